The third kappa shape index (κ3) is 3.79. The average Bonchev–Trinajstić information content (AvgIpc) is 2.61. The van der Waals surface area contributed by atoms with Gasteiger partial charge >= 0.3 is 0 Å². The lowest BCUT2D eigenvalue weighted by molar-refractivity contribution is 0.113. The van der Waals surface area contributed by atoms with Crippen molar-refractivity contribution >= 4 is 15.9 Å². The summed E-state index contributed by atoms with van der Waals surface area (Å²) in [5, 5.41) is 0. The lowest BCUT2D eigenvalue weighted by Crippen LogP contribution is -2.41. The van der Waals surface area contributed by atoms with Crippen molar-refractivity contribution in [2.45, 2.75) is 31.3 Å². The molecular weight excluding hydrogens is 323 g/mol. The smallest absolute Gasteiger partial charge is 0.128 e. The van der Waals surface area contributed by atoms with Gasteiger partial charge in [-0.05, 0) is 37.6 Å². The maximum absolute atomic E-state index is 14.2. The molecule has 0 radical (unpaired) electrons. The molecule has 0 amide bonds. The lowest BCUT2D eigenvalue weighted by atomic mass is 9.96. The highest BCUT2D eigenvalue weighted by Gasteiger charge is 2.30. The third-order valence-corrected chi connectivity index (χ3v) is 4.38. The van der Waals surface area contributed by atoms with E-state index in [4.69, 9.17) is 10.5 Å². The Labute approximate surface area is 128 Å². The number of likely N-dealkylation sites (tertiary alicyclic amines) is 1. The van der Waals surface area contributed by atoms with Crippen molar-refractivity contribution in [2.24, 2.45) is 5.73 Å². The lowest BCUT2D eigenvalue weighted by Gasteiger charge is -2.34. The summed E-state index contributed by atoms with van der Waals surface area (Å²) in [7, 11) is 1.69. The fraction of sp³-hybridized carbons (Fsp3) is 0.600. The molecule has 5 heteroatoms. The maximum atomic E-state index is 14.2. The number of ether oxygens (including phenoxy) is 1. The first-order chi connectivity index (χ1) is 9.63. The van der Waals surface area contributed by atoms with E-state index in [1.807, 2.05) is 6.07 Å². The Bertz CT molecular complexity index is 444. The molecule has 0 aromatic heterocycles. The van der Waals surface area contributed by atoms with Gasteiger partial charge in [-0.25, -0.2) is 4.39 Å². The molecule has 1 aromatic rings. The van der Waals surface area contributed by atoms with Gasteiger partial charge in [-0.15, -0.1) is 0 Å². The third-order valence-electron chi connectivity index (χ3n) is 3.89. The van der Waals surface area contributed by atoms with Gasteiger partial charge in [0.05, 0.1) is 12.6 Å². The summed E-state index contributed by atoms with van der Waals surface area (Å²) in [6.07, 6.45) is 3.13. The van der Waals surface area contributed by atoms with Crippen LogP contribution in [0.2, 0.25) is 0 Å². The molecule has 1 aliphatic rings. The Morgan fingerprint density at radius 1 is 1.45 bits per heavy atom. The van der Waals surface area contributed by atoms with Gasteiger partial charge < -0.3 is 10.5 Å². The van der Waals surface area contributed by atoms with Crippen LogP contribution in [0.3, 0.4) is 0 Å². The zero-order valence-electron chi connectivity index (χ0n) is 11.8. The van der Waals surface area contributed by atoms with E-state index in [9.17, 15) is 4.39 Å². The van der Waals surface area contributed by atoms with E-state index in [1.54, 1.807) is 13.2 Å². The van der Waals surface area contributed by atoms with Crippen molar-refractivity contribution in [3.8, 4) is 0 Å². The van der Waals surface area contributed by atoms with E-state index in [-0.39, 0.29) is 17.9 Å². The Hall–Kier alpha value is -0.490. The van der Waals surface area contributed by atoms with Gasteiger partial charge in [-0.1, -0.05) is 22.4 Å². The first-order valence-corrected chi connectivity index (χ1v) is 7.86. The van der Waals surface area contributed by atoms with Gasteiger partial charge in [-0.3, -0.25) is 4.90 Å². The summed E-state index contributed by atoms with van der Waals surface area (Å²) >= 11 is 3.42. The molecule has 0 bridgehead atoms. The molecule has 1 aromatic carbocycles. The Morgan fingerprint density at radius 3 is 3.00 bits per heavy atom. The van der Waals surface area contributed by atoms with Crippen LogP contribution >= 0.6 is 15.9 Å². The number of hydrogen-bond donors (Lipinski definition) is 1. The molecule has 0 spiro atoms. The van der Waals surface area contributed by atoms with E-state index < -0.39 is 0 Å². The molecular formula is C15H22BrFN2O. The SMILES string of the molecule is COCCN1CCCCC(N)C1c1cc(Br)ccc1F. The molecule has 1 heterocycles. The van der Waals surface area contributed by atoms with E-state index >= 15 is 0 Å². The molecule has 1 aliphatic heterocycles. The van der Waals surface area contributed by atoms with Gasteiger partial charge in [0.25, 0.3) is 0 Å². The normalized spacial score (nSPS) is 24.6. The highest BCUT2D eigenvalue weighted by molar-refractivity contribution is 9.10. The first-order valence-electron chi connectivity index (χ1n) is 7.07. The number of halogens is 2. The Kier molecular flexibility index (Phi) is 5.96. The van der Waals surface area contributed by atoms with Crippen LogP contribution in [0.15, 0.2) is 22.7 Å². The molecule has 2 N–H and O–H groups in total. The van der Waals surface area contributed by atoms with Crippen LogP contribution in [0.1, 0.15) is 30.9 Å². The molecule has 112 valence electrons. The summed E-state index contributed by atoms with van der Waals surface area (Å²) in [5.74, 6) is -0.182. The maximum Gasteiger partial charge on any atom is 0.128 e. The van der Waals surface area contributed by atoms with Crippen LogP contribution < -0.4 is 5.73 Å². The molecule has 0 aliphatic carbocycles. The summed E-state index contributed by atoms with van der Waals surface area (Å²) in [4.78, 5) is 2.26. The molecule has 3 nitrogen and oxygen atoms in total. The van der Waals surface area contributed by atoms with Crippen LogP contribution in [0.25, 0.3) is 0 Å². The zero-order chi connectivity index (χ0) is 14.5. The molecule has 1 saturated heterocycles. The number of nitrogens with zero attached hydrogens (tertiary/aromatic N) is 1. The summed E-state index contributed by atoms with van der Waals surface area (Å²) < 4.78 is 20.3. The molecule has 2 rings (SSSR count). The van der Waals surface area contributed by atoms with E-state index in [0.29, 0.717) is 12.2 Å². The second-order valence-electron chi connectivity index (χ2n) is 5.30. The van der Waals surface area contributed by atoms with Gasteiger partial charge in [0.1, 0.15) is 5.82 Å². The summed E-state index contributed by atoms with van der Waals surface area (Å²) in [6, 6.07) is 4.96. The molecule has 1 fully saturated rings. The predicted molar refractivity (Wildman–Crippen MR) is 82.1 cm³/mol. The van der Waals surface area contributed by atoms with Crippen LogP contribution in [-0.4, -0.2) is 37.7 Å². The van der Waals surface area contributed by atoms with Crippen molar-refractivity contribution in [1.29, 1.82) is 0 Å². The van der Waals surface area contributed by atoms with Crippen LogP contribution in [0, 0.1) is 5.82 Å². The number of nitrogens with two attached hydrogens (primary N) is 1. The fourth-order valence-corrected chi connectivity index (χ4v) is 3.27. The fourth-order valence-electron chi connectivity index (χ4n) is 2.89. The minimum absolute atomic E-state index is 0.0434. The van der Waals surface area contributed by atoms with E-state index in [0.717, 1.165) is 36.8 Å². The largest absolute Gasteiger partial charge is 0.383 e. The second-order valence-corrected chi connectivity index (χ2v) is 6.21. The number of hydrogen-bond acceptors (Lipinski definition) is 3. The topological polar surface area (TPSA) is 38.5 Å². The summed E-state index contributed by atoms with van der Waals surface area (Å²) in [5.41, 5.74) is 7.01. The van der Waals surface area contributed by atoms with Gasteiger partial charge in [0.15, 0.2) is 0 Å². The molecule has 0 saturated carbocycles. The molecule has 2 unspecified atom stereocenters. The van der Waals surface area contributed by atoms with Crippen molar-refractivity contribution in [1.82, 2.24) is 4.90 Å². The van der Waals surface area contributed by atoms with Crippen LogP contribution in [0.5, 0.6) is 0 Å². The highest BCUT2D eigenvalue weighted by Crippen LogP contribution is 2.32. The summed E-state index contributed by atoms with van der Waals surface area (Å²) in [6.45, 7) is 2.35. The van der Waals surface area contributed by atoms with E-state index in [1.165, 1.54) is 6.07 Å². The quantitative estimate of drug-likeness (QED) is 0.911. The van der Waals surface area contributed by atoms with Crippen LogP contribution in [0.4, 0.5) is 4.39 Å². The first kappa shape index (κ1) is 15.9. The average molecular weight is 345 g/mol. The van der Waals surface area contributed by atoms with Crippen molar-refractivity contribution in [3.05, 3.63) is 34.1 Å². The van der Waals surface area contributed by atoms with Crippen LogP contribution in [-0.2, 0) is 4.74 Å². The monoisotopic (exact) mass is 344 g/mol. The van der Waals surface area contributed by atoms with Crippen molar-refractivity contribution < 1.29 is 9.13 Å². The Balaban J connectivity index is 2.31. The minimum atomic E-state index is -0.182. The Morgan fingerprint density at radius 2 is 2.25 bits per heavy atom. The zero-order valence-corrected chi connectivity index (χ0v) is 13.4. The standard InChI is InChI=1S/C15H22BrFN2O/c1-20-9-8-19-7-3-2-4-14(18)15(19)12-10-11(16)5-6-13(12)17/h5-6,10,14-15H,2-4,7-9,18H2,1H3. The molecule has 20 heavy (non-hydrogen) atoms. The van der Waals surface area contributed by atoms with Gasteiger partial charge in [0.2, 0.25) is 0 Å². The van der Waals surface area contributed by atoms with Crippen molar-refractivity contribution in [2.75, 3.05) is 26.8 Å². The second kappa shape index (κ2) is 7.50. The highest BCUT2D eigenvalue weighted by atomic mass is 79.9. The number of benzene rings is 1. The predicted octanol–water partition coefficient (Wildman–Crippen LogP) is 3.09. The van der Waals surface area contributed by atoms with Gasteiger partial charge in [-0.2, -0.15) is 0 Å². The number of methoxy groups -OCH3 is 1. The molecule has 2 atom stereocenters. The van der Waals surface area contributed by atoms with Gasteiger partial charge in [0, 0.05) is 29.7 Å². The number of rotatable bonds is 4. The minimum Gasteiger partial charge on any atom is -0.383 e. The van der Waals surface area contributed by atoms with Crippen molar-refractivity contribution in [3.63, 3.8) is 0 Å². The van der Waals surface area contributed by atoms with E-state index in [2.05, 4.69) is 20.8 Å².